The van der Waals surface area contributed by atoms with Crippen LogP contribution in [0.5, 0.6) is 0 Å². The first-order valence-electron chi connectivity index (χ1n) is 5.01. The lowest BCUT2D eigenvalue weighted by Crippen LogP contribution is -2.12. The van der Waals surface area contributed by atoms with Crippen molar-refractivity contribution in [3.8, 4) is 0 Å². The second kappa shape index (κ2) is 7.41. The maximum Gasteiger partial charge on any atom is 0.474 e. The molecular formula is C9H21O4P. The molecule has 0 amide bonds. The first-order chi connectivity index (χ1) is 6.61. The zero-order valence-electron chi connectivity index (χ0n) is 9.49. The van der Waals surface area contributed by atoms with Crippen molar-refractivity contribution in [2.75, 3.05) is 14.2 Å². The highest BCUT2D eigenvalue weighted by Gasteiger charge is 2.27. The number of phosphoric acid groups is 1. The van der Waals surface area contributed by atoms with Gasteiger partial charge < -0.3 is 0 Å². The monoisotopic (exact) mass is 224 g/mol. The molecule has 0 aliphatic carbocycles. The molecule has 0 atom stereocenters. The van der Waals surface area contributed by atoms with Crippen LogP contribution >= 0.6 is 7.82 Å². The summed E-state index contributed by atoms with van der Waals surface area (Å²) in [6, 6.07) is 0. The van der Waals surface area contributed by atoms with Crippen LogP contribution in [0.3, 0.4) is 0 Å². The molecule has 0 saturated carbocycles. The smallest absolute Gasteiger partial charge is 0.290 e. The van der Waals surface area contributed by atoms with Crippen LogP contribution in [0, 0.1) is 0 Å². The van der Waals surface area contributed by atoms with E-state index < -0.39 is 7.82 Å². The van der Waals surface area contributed by atoms with E-state index in [4.69, 9.17) is 13.6 Å². The van der Waals surface area contributed by atoms with Gasteiger partial charge in [0.2, 0.25) is 0 Å². The zero-order valence-corrected chi connectivity index (χ0v) is 10.4. The van der Waals surface area contributed by atoms with Crippen molar-refractivity contribution < 1.29 is 18.1 Å². The Kier molecular flexibility index (Phi) is 7.47. The normalized spacial score (nSPS) is 12.4. The van der Waals surface area contributed by atoms with E-state index in [0.717, 1.165) is 25.7 Å². The van der Waals surface area contributed by atoms with Crippen molar-refractivity contribution >= 4 is 7.82 Å². The number of hydrogen-bond donors (Lipinski definition) is 0. The van der Waals surface area contributed by atoms with Crippen LogP contribution in [-0.2, 0) is 18.1 Å². The Labute approximate surface area is 86.5 Å². The molecule has 0 radical (unpaired) electrons. The van der Waals surface area contributed by atoms with E-state index in [1.165, 1.54) is 14.2 Å². The molecule has 0 N–H and O–H groups in total. The molecule has 0 bridgehead atoms. The Hall–Kier alpha value is 0.110. The Morgan fingerprint density at radius 2 is 1.50 bits per heavy atom. The summed E-state index contributed by atoms with van der Waals surface area (Å²) in [6.45, 7) is 4.13. The molecule has 4 nitrogen and oxygen atoms in total. The van der Waals surface area contributed by atoms with E-state index in [-0.39, 0.29) is 6.10 Å². The Bertz CT molecular complexity index is 170. The minimum Gasteiger partial charge on any atom is -0.290 e. The van der Waals surface area contributed by atoms with E-state index in [9.17, 15) is 4.57 Å². The Morgan fingerprint density at radius 3 is 1.79 bits per heavy atom. The highest BCUT2D eigenvalue weighted by molar-refractivity contribution is 7.48. The van der Waals surface area contributed by atoms with Crippen molar-refractivity contribution in [2.45, 2.75) is 45.6 Å². The van der Waals surface area contributed by atoms with Crippen LogP contribution < -0.4 is 0 Å². The molecule has 0 spiro atoms. The largest absolute Gasteiger partial charge is 0.474 e. The average molecular weight is 224 g/mol. The summed E-state index contributed by atoms with van der Waals surface area (Å²) < 4.78 is 26.4. The summed E-state index contributed by atoms with van der Waals surface area (Å²) in [4.78, 5) is 0. The maximum absolute atomic E-state index is 11.6. The third kappa shape index (κ3) is 5.11. The molecule has 0 fully saturated rings. The molecule has 14 heavy (non-hydrogen) atoms. The highest BCUT2D eigenvalue weighted by atomic mass is 31.2. The van der Waals surface area contributed by atoms with Crippen molar-refractivity contribution in [1.82, 2.24) is 0 Å². The van der Waals surface area contributed by atoms with Crippen LogP contribution in [0.4, 0.5) is 0 Å². The second-order valence-corrected chi connectivity index (χ2v) is 4.95. The lowest BCUT2D eigenvalue weighted by molar-refractivity contribution is 0.0939. The van der Waals surface area contributed by atoms with Crippen LogP contribution in [0.2, 0.25) is 0 Å². The van der Waals surface area contributed by atoms with Crippen molar-refractivity contribution in [3.05, 3.63) is 0 Å². The van der Waals surface area contributed by atoms with Gasteiger partial charge in [-0.3, -0.25) is 13.6 Å². The van der Waals surface area contributed by atoms with Crippen LogP contribution in [0.25, 0.3) is 0 Å². The van der Waals surface area contributed by atoms with Gasteiger partial charge >= 0.3 is 7.82 Å². The van der Waals surface area contributed by atoms with Gasteiger partial charge in [-0.1, -0.05) is 26.7 Å². The van der Waals surface area contributed by atoms with Gasteiger partial charge in [-0.25, -0.2) is 4.57 Å². The third-order valence-electron chi connectivity index (χ3n) is 1.95. The fourth-order valence-corrected chi connectivity index (χ4v) is 2.13. The minimum atomic E-state index is -3.30. The van der Waals surface area contributed by atoms with Crippen LogP contribution in [0.15, 0.2) is 0 Å². The summed E-state index contributed by atoms with van der Waals surface area (Å²) in [5.74, 6) is 0. The topological polar surface area (TPSA) is 44.8 Å². The molecule has 0 unspecified atom stereocenters. The van der Waals surface area contributed by atoms with E-state index in [1.807, 2.05) is 0 Å². The molecule has 0 aromatic carbocycles. The van der Waals surface area contributed by atoms with Gasteiger partial charge in [0.15, 0.2) is 0 Å². The van der Waals surface area contributed by atoms with Crippen molar-refractivity contribution in [2.24, 2.45) is 0 Å². The van der Waals surface area contributed by atoms with Gasteiger partial charge in [-0.15, -0.1) is 0 Å². The number of hydrogen-bond acceptors (Lipinski definition) is 4. The van der Waals surface area contributed by atoms with Gasteiger partial charge in [-0.2, -0.15) is 0 Å². The van der Waals surface area contributed by atoms with Gasteiger partial charge in [-0.05, 0) is 12.8 Å². The fourth-order valence-electron chi connectivity index (χ4n) is 1.24. The van der Waals surface area contributed by atoms with Gasteiger partial charge in [0.05, 0.1) is 6.10 Å². The van der Waals surface area contributed by atoms with Gasteiger partial charge in [0.25, 0.3) is 0 Å². The Morgan fingerprint density at radius 1 is 1.07 bits per heavy atom. The van der Waals surface area contributed by atoms with Crippen LogP contribution in [-0.4, -0.2) is 20.3 Å². The predicted molar refractivity (Wildman–Crippen MR) is 56.3 cm³/mol. The predicted octanol–water partition coefficient (Wildman–Crippen LogP) is 3.37. The molecule has 0 aliphatic rings. The van der Waals surface area contributed by atoms with Crippen LogP contribution in [0.1, 0.15) is 39.5 Å². The molecule has 0 heterocycles. The first-order valence-corrected chi connectivity index (χ1v) is 6.47. The minimum absolute atomic E-state index is 0.0317. The summed E-state index contributed by atoms with van der Waals surface area (Å²) in [5, 5.41) is 0. The Balaban J connectivity index is 4.18. The molecular weight excluding hydrogens is 203 g/mol. The summed E-state index contributed by atoms with van der Waals surface area (Å²) in [5.41, 5.74) is 0. The standard InChI is InChI=1S/C9H21O4P/c1-5-7-9(8-6-2)13-14(10,11-3)12-4/h9H,5-8H2,1-4H3. The highest BCUT2D eigenvalue weighted by Crippen LogP contribution is 2.49. The van der Waals surface area contributed by atoms with Crippen molar-refractivity contribution in [3.63, 3.8) is 0 Å². The molecule has 0 aromatic rings. The maximum atomic E-state index is 11.6. The lowest BCUT2D eigenvalue weighted by Gasteiger charge is -2.20. The zero-order chi connectivity index (χ0) is 11.0. The summed E-state index contributed by atoms with van der Waals surface area (Å²) in [7, 11) is -0.632. The molecule has 0 rings (SSSR count). The van der Waals surface area contributed by atoms with Gasteiger partial charge in [0.1, 0.15) is 0 Å². The molecule has 0 aromatic heterocycles. The van der Waals surface area contributed by atoms with Crippen molar-refractivity contribution in [1.29, 1.82) is 0 Å². The van der Waals surface area contributed by atoms with Gasteiger partial charge in [0, 0.05) is 14.2 Å². The van der Waals surface area contributed by atoms with E-state index >= 15 is 0 Å². The lowest BCUT2D eigenvalue weighted by atomic mass is 10.1. The quantitative estimate of drug-likeness (QED) is 0.593. The molecule has 0 aliphatic heterocycles. The van der Waals surface area contributed by atoms with E-state index in [2.05, 4.69) is 13.8 Å². The summed E-state index contributed by atoms with van der Waals surface area (Å²) >= 11 is 0. The summed E-state index contributed by atoms with van der Waals surface area (Å²) in [6.07, 6.45) is 3.72. The molecule has 0 saturated heterocycles. The third-order valence-corrected chi connectivity index (χ3v) is 3.40. The fraction of sp³-hybridized carbons (Fsp3) is 1.00. The first kappa shape index (κ1) is 14.1. The molecule has 86 valence electrons. The van der Waals surface area contributed by atoms with E-state index in [1.54, 1.807) is 0 Å². The van der Waals surface area contributed by atoms with E-state index in [0.29, 0.717) is 0 Å². The number of phosphoric ester groups is 1. The average Bonchev–Trinajstić information content (AvgIpc) is 2.18. The SMILES string of the molecule is CCCC(CCC)OP(=O)(OC)OC. The molecule has 5 heteroatoms. The number of rotatable bonds is 8. The second-order valence-electron chi connectivity index (χ2n) is 3.12.